The van der Waals surface area contributed by atoms with Crippen LogP contribution in [0.5, 0.6) is 5.75 Å². The summed E-state index contributed by atoms with van der Waals surface area (Å²) in [4.78, 5) is 15.4. The Hall–Kier alpha value is -1.62. The smallest absolute Gasteiger partial charge is 0.253 e. The first-order chi connectivity index (χ1) is 7.25. The van der Waals surface area contributed by atoms with E-state index in [9.17, 15) is 4.79 Å². The van der Waals surface area contributed by atoms with Gasteiger partial charge in [-0.3, -0.25) is 9.78 Å². The maximum atomic E-state index is 11.7. The van der Waals surface area contributed by atoms with Crippen LogP contribution in [0.25, 0.3) is 0 Å². The van der Waals surface area contributed by atoms with Gasteiger partial charge in [0.25, 0.3) is 5.91 Å². The zero-order valence-electron chi connectivity index (χ0n) is 8.23. The van der Waals surface area contributed by atoms with Crippen LogP contribution >= 0.6 is 0 Å². The summed E-state index contributed by atoms with van der Waals surface area (Å²) >= 11 is 0. The van der Waals surface area contributed by atoms with E-state index in [2.05, 4.69) is 15.6 Å². The van der Waals surface area contributed by atoms with E-state index in [0.29, 0.717) is 5.56 Å². The molecule has 0 radical (unpaired) electrons. The molecule has 2 rings (SSSR count). The minimum atomic E-state index is -0.188. The lowest BCUT2D eigenvalue weighted by Gasteiger charge is -2.10. The molecular formula is C10H13N3O2. The summed E-state index contributed by atoms with van der Waals surface area (Å²) in [6.45, 7) is 1.74. The van der Waals surface area contributed by atoms with E-state index in [1.54, 1.807) is 0 Å². The predicted molar refractivity (Wildman–Crippen MR) is 54.6 cm³/mol. The quantitative estimate of drug-likeness (QED) is 0.632. The molecule has 1 amide bonds. The summed E-state index contributed by atoms with van der Waals surface area (Å²) < 4.78 is 0. The molecule has 0 spiro atoms. The Labute approximate surface area is 87.5 Å². The molecule has 5 nitrogen and oxygen atoms in total. The Morgan fingerprint density at radius 3 is 3.13 bits per heavy atom. The average Bonchev–Trinajstić information content (AvgIpc) is 2.70. The van der Waals surface area contributed by atoms with Gasteiger partial charge in [0.1, 0.15) is 5.75 Å². The average molecular weight is 207 g/mol. The molecule has 3 N–H and O–H groups in total. The SMILES string of the molecule is O=C(N[C@@H]1CCNC1)c1cncc(O)c1. The van der Waals surface area contributed by atoms with Crippen LogP contribution in [0.3, 0.4) is 0 Å². The minimum Gasteiger partial charge on any atom is -0.506 e. The van der Waals surface area contributed by atoms with Gasteiger partial charge in [-0.05, 0) is 19.0 Å². The van der Waals surface area contributed by atoms with Crippen molar-refractivity contribution in [3.63, 3.8) is 0 Å². The number of carbonyl (C=O) groups is 1. The second-order valence-electron chi connectivity index (χ2n) is 3.59. The highest BCUT2D eigenvalue weighted by atomic mass is 16.3. The summed E-state index contributed by atoms with van der Waals surface area (Å²) in [6.07, 6.45) is 3.68. The van der Waals surface area contributed by atoms with E-state index in [4.69, 9.17) is 5.11 Å². The first kappa shape index (κ1) is 9.92. The van der Waals surface area contributed by atoms with Gasteiger partial charge in [0.05, 0.1) is 11.8 Å². The Bertz CT molecular complexity index is 361. The van der Waals surface area contributed by atoms with Crippen LogP contribution in [0.2, 0.25) is 0 Å². The van der Waals surface area contributed by atoms with Crippen LogP contribution in [0, 0.1) is 0 Å². The molecule has 15 heavy (non-hydrogen) atoms. The maximum Gasteiger partial charge on any atom is 0.253 e. The van der Waals surface area contributed by atoms with Crippen molar-refractivity contribution in [2.45, 2.75) is 12.5 Å². The topological polar surface area (TPSA) is 74.2 Å². The number of aromatic nitrogens is 1. The molecule has 80 valence electrons. The third kappa shape index (κ3) is 2.44. The molecule has 1 atom stereocenters. The molecule has 0 aromatic carbocycles. The van der Waals surface area contributed by atoms with Crippen molar-refractivity contribution >= 4 is 5.91 Å². The van der Waals surface area contributed by atoms with Crippen molar-refractivity contribution in [2.75, 3.05) is 13.1 Å². The van der Waals surface area contributed by atoms with Crippen molar-refractivity contribution < 1.29 is 9.90 Å². The molecule has 0 aliphatic carbocycles. The van der Waals surface area contributed by atoms with Crippen LogP contribution in [0.15, 0.2) is 18.5 Å². The first-order valence-corrected chi connectivity index (χ1v) is 4.91. The number of carbonyl (C=O) groups excluding carboxylic acids is 1. The third-order valence-electron chi connectivity index (χ3n) is 2.38. The summed E-state index contributed by atoms with van der Waals surface area (Å²) in [5, 5.41) is 15.2. The number of nitrogens with one attached hydrogen (secondary N) is 2. The fourth-order valence-corrected chi connectivity index (χ4v) is 1.60. The predicted octanol–water partition coefficient (Wildman–Crippen LogP) is -0.121. The van der Waals surface area contributed by atoms with Gasteiger partial charge in [-0.2, -0.15) is 0 Å². The van der Waals surface area contributed by atoms with Crippen molar-refractivity contribution in [1.29, 1.82) is 0 Å². The molecule has 1 aliphatic rings. The summed E-state index contributed by atoms with van der Waals surface area (Å²) in [5.41, 5.74) is 0.391. The normalized spacial score (nSPS) is 20.1. The molecular weight excluding hydrogens is 194 g/mol. The van der Waals surface area contributed by atoms with Gasteiger partial charge in [0, 0.05) is 18.8 Å². The van der Waals surface area contributed by atoms with Gasteiger partial charge in [-0.25, -0.2) is 0 Å². The molecule has 1 saturated heterocycles. The Morgan fingerprint density at radius 1 is 1.60 bits per heavy atom. The molecule has 0 saturated carbocycles. The second-order valence-corrected chi connectivity index (χ2v) is 3.59. The van der Waals surface area contributed by atoms with E-state index in [1.165, 1.54) is 18.5 Å². The van der Waals surface area contributed by atoms with E-state index in [0.717, 1.165) is 19.5 Å². The maximum absolute atomic E-state index is 11.7. The van der Waals surface area contributed by atoms with Gasteiger partial charge in [0.15, 0.2) is 0 Å². The van der Waals surface area contributed by atoms with Gasteiger partial charge >= 0.3 is 0 Å². The number of nitrogens with zero attached hydrogens (tertiary/aromatic N) is 1. The molecule has 0 bridgehead atoms. The molecule has 5 heteroatoms. The third-order valence-corrected chi connectivity index (χ3v) is 2.38. The lowest BCUT2D eigenvalue weighted by atomic mass is 10.2. The largest absolute Gasteiger partial charge is 0.506 e. The van der Waals surface area contributed by atoms with Crippen molar-refractivity contribution in [3.8, 4) is 5.75 Å². The number of hydrogen-bond acceptors (Lipinski definition) is 4. The van der Waals surface area contributed by atoms with E-state index < -0.39 is 0 Å². The fourth-order valence-electron chi connectivity index (χ4n) is 1.60. The van der Waals surface area contributed by atoms with E-state index >= 15 is 0 Å². The van der Waals surface area contributed by atoms with Crippen LogP contribution in [0.1, 0.15) is 16.8 Å². The molecule has 0 unspecified atom stereocenters. The van der Waals surface area contributed by atoms with E-state index in [1.807, 2.05) is 0 Å². The number of rotatable bonds is 2. The highest BCUT2D eigenvalue weighted by Crippen LogP contribution is 2.09. The Morgan fingerprint density at radius 2 is 2.47 bits per heavy atom. The molecule has 1 fully saturated rings. The van der Waals surface area contributed by atoms with Gasteiger partial charge in [-0.15, -0.1) is 0 Å². The molecule has 2 heterocycles. The Kier molecular flexibility index (Phi) is 2.82. The second kappa shape index (κ2) is 4.27. The molecule has 1 aromatic heterocycles. The number of amides is 1. The lowest BCUT2D eigenvalue weighted by Crippen LogP contribution is -2.36. The molecule has 1 aromatic rings. The summed E-state index contributed by atoms with van der Waals surface area (Å²) in [7, 11) is 0. The zero-order valence-corrected chi connectivity index (χ0v) is 8.23. The van der Waals surface area contributed by atoms with Crippen LogP contribution in [-0.4, -0.2) is 35.1 Å². The van der Waals surface area contributed by atoms with Crippen molar-refractivity contribution in [1.82, 2.24) is 15.6 Å². The highest BCUT2D eigenvalue weighted by Gasteiger charge is 2.17. The van der Waals surface area contributed by atoms with Crippen LogP contribution < -0.4 is 10.6 Å². The Balaban J connectivity index is 2.01. The monoisotopic (exact) mass is 207 g/mol. The fraction of sp³-hybridized carbons (Fsp3) is 0.400. The van der Waals surface area contributed by atoms with Crippen LogP contribution in [-0.2, 0) is 0 Å². The van der Waals surface area contributed by atoms with Crippen molar-refractivity contribution in [2.24, 2.45) is 0 Å². The number of aromatic hydroxyl groups is 1. The number of hydrogen-bond donors (Lipinski definition) is 3. The highest BCUT2D eigenvalue weighted by molar-refractivity contribution is 5.94. The van der Waals surface area contributed by atoms with Crippen LogP contribution in [0.4, 0.5) is 0 Å². The van der Waals surface area contributed by atoms with Crippen molar-refractivity contribution in [3.05, 3.63) is 24.0 Å². The first-order valence-electron chi connectivity index (χ1n) is 4.91. The van der Waals surface area contributed by atoms with Gasteiger partial charge < -0.3 is 15.7 Å². The molecule has 1 aliphatic heterocycles. The van der Waals surface area contributed by atoms with Gasteiger partial charge in [-0.1, -0.05) is 0 Å². The standard InChI is InChI=1S/C10H13N3O2/c14-9-3-7(4-12-6-9)10(15)13-8-1-2-11-5-8/h3-4,6,8,11,14H,1-2,5H2,(H,13,15)/t8-/m1/s1. The summed E-state index contributed by atoms with van der Waals surface area (Å²) in [6, 6.07) is 1.59. The lowest BCUT2D eigenvalue weighted by molar-refractivity contribution is 0.0939. The number of pyridine rings is 1. The zero-order chi connectivity index (χ0) is 10.7. The van der Waals surface area contributed by atoms with Gasteiger partial charge in [0.2, 0.25) is 0 Å². The minimum absolute atomic E-state index is 0.00666. The van der Waals surface area contributed by atoms with E-state index in [-0.39, 0.29) is 17.7 Å². The summed E-state index contributed by atoms with van der Waals surface area (Å²) in [5.74, 6) is -0.181.